The highest BCUT2D eigenvalue weighted by atomic mass is 32.1. The number of thiophene rings is 1. The molecule has 134 valence electrons. The molecule has 0 saturated carbocycles. The third-order valence-electron chi connectivity index (χ3n) is 3.95. The summed E-state index contributed by atoms with van der Waals surface area (Å²) in [4.78, 5) is 25.1. The zero-order chi connectivity index (χ0) is 18.2. The van der Waals surface area contributed by atoms with Crippen LogP contribution in [0, 0.1) is 6.92 Å². The Labute approximate surface area is 152 Å². The van der Waals surface area contributed by atoms with E-state index in [1.807, 2.05) is 23.7 Å². The van der Waals surface area contributed by atoms with Gasteiger partial charge in [-0.3, -0.25) is 9.59 Å². The zero-order valence-electron chi connectivity index (χ0n) is 14.9. The van der Waals surface area contributed by atoms with Gasteiger partial charge in [0, 0.05) is 12.1 Å². The van der Waals surface area contributed by atoms with Crippen LogP contribution in [0.3, 0.4) is 0 Å². The number of rotatable bonds is 8. The number of quaternary nitrogens is 1. The lowest BCUT2D eigenvalue weighted by atomic mass is 10.0. The van der Waals surface area contributed by atoms with Crippen LogP contribution in [0.5, 0.6) is 0 Å². The summed E-state index contributed by atoms with van der Waals surface area (Å²) in [6, 6.07) is 12.0. The average Bonchev–Trinajstić information content (AvgIpc) is 3.11. The van der Waals surface area contributed by atoms with Gasteiger partial charge in [-0.1, -0.05) is 35.9 Å². The van der Waals surface area contributed by atoms with Crippen molar-refractivity contribution in [2.45, 2.75) is 32.9 Å². The van der Waals surface area contributed by atoms with Crippen molar-refractivity contribution in [2.24, 2.45) is 0 Å². The van der Waals surface area contributed by atoms with Gasteiger partial charge in [-0.25, -0.2) is 0 Å². The number of likely N-dealkylation sites (N-methyl/N-ethyl adjacent to an activating group) is 1. The fraction of sp³-hybridized carbons (Fsp3) is 0.368. The van der Waals surface area contributed by atoms with Crippen LogP contribution in [-0.4, -0.2) is 30.9 Å². The van der Waals surface area contributed by atoms with Crippen molar-refractivity contribution in [2.75, 3.05) is 13.1 Å². The minimum atomic E-state index is -0.527. The molecule has 2 amide bonds. The minimum Gasteiger partial charge on any atom is -0.355 e. The normalized spacial score (nSPS) is 13.1. The van der Waals surface area contributed by atoms with Crippen LogP contribution >= 0.6 is 11.3 Å². The lowest BCUT2D eigenvalue weighted by Crippen LogP contribution is -2.87. The third-order valence-corrected chi connectivity index (χ3v) is 4.90. The number of hydrogen-bond donors (Lipinski definition) is 3. The van der Waals surface area contributed by atoms with Gasteiger partial charge in [-0.05, 0) is 32.2 Å². The van der Waals surface area contributed by atoms with Crippen molar-refractivity contribution in [3.63, 3.8) is 0 Å². The zero-order valence-corrected chi connectivity index (χ0v) is 15.7. The first kappa shape index (κ1) is 19.1. The van der Waals surface area contributed by atoms with Crippen LogP contribution < -0.4 is 16.0 Å². The monoisotopic (exact) mass is 360 g/mol. The number of hydrogen-bond acceptors (Lipinski definition) is 3. The highest BCUT2D eigenvalue weighted by molar-refractivity contribution is 7.10. The predicted molar refractivity (Wildman–Crippen MR) is 100 cm³/mol. The molecule has 0 spiro atoms. The SMILES string of the molecule is CCNC(=O)[C@H](C)NC(=O)C[NH2+][C@H](c1ccc(C)cc1)c1cccs1. The largest absolute Gasteiger partial charge is 0.355 e. The van der Waals surface area contributed by atoms with Crippen LogP contribution in [0.15, 0.2) is 41.8 Å². The van der Waals surface area contributed by atoms with E-state index in [1.54, 1.807) is 18.3 Å². The van der Waals surface area contributed by atoms with Crippen LogP contribution in [0.25, 0.3) is 0 Å². The van der Waals surface area contributed by atoms with Crippen molar-refractivity contribution in [3.8, 4) is 0 Å². The summed E-state index contributed by atoms with van der Waals surface area (Å²) >= 11 is 1.68. The molecule has 1 aromatic heterocycles. The van der Waals surface area contributed by atoms with E-state index < -0.39 is 6.04 Å². The van der Waals surface area contributed by atoms with Crippen LogP contribution in [0.2, 0.25) is 0 Å². The molecule has 2 atom stereocenters. The van der Waals surface area contributed by atoms with E-state index in [-0.39, 0.29) is 24.4 Å². The van der Waals surface area contributed by atoms with Gasteiger partial charge in [0.2, 0.25) is 5.91 Å². The number of benzene rings is 1. The van der Waals surface area contributed by atoms with Gasteiger partial charge in [0.15, 0.2) is 6.54 Å². The standard InChI is InChI=1S/C19H25N3O2S/c1-4-20-19(24)14(3)22-17(23)12-21-18(16-6-5-11-25-16)15-9-7-13(2)8-10-15/h5-11,14,18,21H,4,12H2,1-3H3,(H,20,24)(H,22,23)/p+1/t14-,18+/m0/s1. The molecule has 2 rings (SSSR count). The smallest absolute Gasteiger partial charge is 0.275 e. The first-order chi connectivity index (χ1) is 12.0. The van der Waals surface area contributed by atoms with Crippen molar-refractivity contribution < 1.29 is 14.9 Å². The maximum Gasteiger partial charge on any atom is 0.275 e. The Balaban J connectivity index is 1.99. The van der Waals surface area contributed by atoms with E-state index in [9.17, 15) is 9.59 Å². The first-order valence-electron chi connectivity index (χ1n) is 8.51. The second-order valence-electron chi connectivity index (χ2n) is 6.03. The van der Waals surface area contributed by atoms with E-state index in [1.165, 1.54) is 10.4 Å². The lowest BCUT2D eigenvalue weighted by Gasteiger charge is -2.16. The van der Waals surface area contributed by atoms with Crippen LogP contribution in [0.1, 0.15) is 35.9 Å². The average molecular weight is 361 g/mol. The van der Waals surface area contributed by atoms with E-state index in [2.05, 4.69) is 47.9 Å². The van der Waals surface area contributed by atoms with Crippen molar-refractivity contribution in [1.82, 2.24) is 10.6 Å². The van der Waals surface area contributed by atoms with Crippen molar-refractivity contribution in [3.05, 3.63) is 57.8 Å². The Morgan fingerprint density at radius 3 is 2.52 bits per heavy atom. The quantitative estimate of drug-likeness (QED) is 0.665. The molecule has 2 aromatic rings. The van der Waals surface area contributed by atoms with Crippen LogP contribution in [0.4, 0.5) is 0 Å². The fourth-order valence-electron chi connectivity index (χ4n) is 2.58. The van der Waals surface area contributed by atoms with E-state index in [0.29, 0.717) is 6.54 Å². The van der Waals surface area contributed by atoms with E-state index in [4.69, 9.17) is 0 Å². The summed E-state index contributed by atoms with van der Waals surface area (Å²) in [6.07, 6.45) is 0. The summed E-state index contributed by atoms with van der Waals surface area (Å²) < 4.78 is 0. The Kier molecular flexibility index (Phi) is 7.16. The maximum atomic E-state index is 12.2. The Hall–Kier alpha value is -2.18. The number of amides is 2. The molecule has 0 saturated heterocycles. The molecular weight excluding hydrogens is 334 g/mol. The lowest BCUT2D eigenvalue weighted by molar-refractivity contribution is -0.676. The number of nitrogens with two attached hydrogens (primary N) is 1. The van der Waals surface area contributed by atoms with Crippen molar-refractivity contribution >= 4 is 23.2 Å². The van der Waals surface area contributed by atoms with Gasteiger partial charge in [0.1, 0.15) is 12.1 Å². The second-order valence-corrected chi connectivity index (χ2v) is 7.01. The molecule has 6 heteroatoms. The Bertz CT molecular complexity index is 683. The molecule has 5 nitrogen and oxygen atoms in total. The number of carbonyl (C=O) groups excluding carboxylic acids is 2. The second kappa shape index (κ2) is 9.34. The molecule has 0 radical (unpaired) electrons. The number of nitrogens with one attached hydrogen (secondary N) is 2. The van der Waals surface area contributed by atoms with Gasteiger partial charge in [-0.15, -0.1) is 11.3 Å². The Morgan fingerprint density at radius 2 is 1.92 bits per heavy atom. The molecule has 0 bridgehead atoms. The summed E-state index contributed by atoms with van der Waals surface area (Å²) in [5.41, 5.74) is 2.37. The first-order valence-corrected chi connectivity index (χ1v) is 9.39. The number of carbonyl (C=O) groups is 2. The Morgan fingerprint density at radius 1 is 1.20 bits per heavy atom. The molecular formula is C19H26N3O2S+. The van der Waals surface area contributed by atoms with E-state index in [0.717, 1.165) is 5.56 Å². The fourth-order valence-corrected chi connectivity index (χ4v) is 3.43. The van der Waals surface area contributed by atoms with Gasteiger partial charge in [0.25, 0.3) is 5.91 Å². The molecule has 0 fully saturated rings. The molecule has 25 heavy (non-hydrogen) atoms. The van der Waals surface area contributed by atoms with Gasteiger partial charge < -0.3 is 16.0 Å². The highest BCUT2D eigenvalue weighted by Crippen LogP contribution is 2.22. The summed E-state index contributed by atoms with van der Waals surface area (Å²) in [5, 5.41) is 9.51. The van der Waals surface area contributed by atoms with Gasteiger partial charge >= 0.3 is 0 Å². The topological polar surface area (TPSA) is 74.8 Å². The molecule has 4 N–H and O–H groups in total. The van der Waals surface area contributed by atoms with Crippen molar-refractivity contribution in [1.29, 1.82) is 0 Å². The molecule has 0 aliphatic rings. The number of aryl methyl sites for hydroxylation is 1. The summed E-state index contributed by atoms with van der Waals surface area (Å²) in [6.45, 7) is 6.43. The summed E-state index contributed by atoms with van der Waals surface area (Å²) in [7, 11) is 0. The van der Waals surface area contributed by atoms with Crippen LogP contribution in [-0.2, 0) is 9.59 Å². The van der Waals surface area contributed by atoms with Gasteiger partial charge in [-0.2, -0.15) is 0 Å². The molecule has 0 unspecified atom stereocenters. The molecule has 0 aliphatic heterocycles. The minimum absolute atomic E-state index is 0.0751. The molecule has 0 aliphatic carbocycles. The predicted octanol–water partition coefficient (Wildman–Crippen LogP) is 1.35. The molecule has 1 aromatic carbocycles. The van der Waals surface area contributed by atoms with Gasteiger partial charge in [0.05, 0.1) is 4.88 Å². The summed E-state index contributed by atoms with van der Waals surface area (Å²) in [5.74, 6) is -0.309. The van der Waals surface area contributed by atoms with E-state index >= 15 is 0 Å². The maximum absolute atomic E-state index is 12.2. The molecule has 1 heterocycles. The third kappa shape index (κ3) is 5.69. The highest BCUT2D eigenvalue weighted by Gasteiger charge is 2.21.